The zero-order valence-electron chi connectivity index (χ0n) is 11.7. The average molecular weight is 310 g/mol. The van der Waals surface area contributed by atoms with Gasteiger partial charge in [-0.2, -0.15) is 0 Å². The highest BCUT2D eigenvalue weighted by Gasteiger charge is 2.02. The van der Waals surface area contributed by atoms with Gasteiger partial charge in [0.15, 0.2) is 0 Å². The van der Waals surface area contributed by atoms with Crippen LogP contribution in [-0.2, 0) is 7.05 Å². The molecule has 0 radical (unpaired) electrons. The van der Waals surface area contributed by atoms with E-state index in [1.165, 1.54) is 17.7 Å². The maximum absolute atomic E-state index is 5.14. The molecule has 2 rings (SSSR count). The molecular formula is C13H18N4OS2. The maximum Gasteiger partial charge on any atom is 0.209 e. The fourth-order valence-corrected chi connectivity index (χ4v) is 3.33. The second kappa shape index (κ2) is 8.16. The molecular weight excluding hydrogens is 292 g/mol. The van der Waals surface area contributed by atoms with Gasteiger partial charge in [-0.1, -0.05) is 11.8 Å². The Bertz CT molecular complexity index is 515. The molecule has 0 bridgehead atoms. The first-order valence-electron chi connectivity index (χ1n) is 6.41. The van der Waals surface area contributed by atoms with Crippen LogP contribution in [0.4, 0.5) is 0 Å². The van der Waals surface area contributed by atoms with Gasteiger partial charge in [0, 0.05) is 17.7 Å². The molecule has 0 unspecified atom stereocenters. The van der Waals surface area contributed by atoms with Crippen LogP contribution in [0.25, 0.3) is 0 Å². The number of thioether (sulfide) groups is 2. The van der Waals surface area contributed by atoms with Gasteiger partial charge in [0.2, 0.25) is 5.16 Å². The van der Waals surface area contributed by atoms with E-state index in [0.717, 1.165) is 22.4 Å². The molecule has 1 heterocycles. The molecule has 0 saturated heterocycles. The van der Waals surface area contributed by atoms with Crippen LogP contribution in [0.1, 0.15) is 12.8 Å². The minimum absolute atomic E-state index is 0.882. The number of rotatable bonds is 8. The molecule has 0 saturated carbocycles. The quantitative estimate of drug-likeness (QED) is 0.552. The van der Waals surface area contributed by atoms with Gasteiger partial charge in [0.25, 0.3) is 0 Å². The average Bonchev–Trinajstić information content (AvgIpc) is 2.89. The SMILES string of the molecule is COc1ccc(SCCCCSc2nnnn2C)cc1. The smallest absolute Gasteiger partial charge is 0.209 e. The Morgan fingerprint density at radius 1 is 1.10 bits per heavy atom. The van der Waals surface area contributed by atoms with Gasteiger partial charge in [0.1, 0.15) is 5.75 Å². The number of nitrogens with zero attached hydrogens (tertiary/aromatic N) is 4. The molecule has 1 aromatic heterocycles. The monoisotopic (exact) mass is 310 g/mol. The molecule has 5 nitrogen and oxygen atoms in total. The first-order valence-corrected chi connectivity index (χ1v) is 8.38. The molecule has 0 aliphatic rings. The topological polar surface area (TPSA) is 52.8 Å². The van der Waals surface area contributed by atoms with Crippen molar-refractivity contribution in [3.63, 3.8) is 0 Å². The van der Waals surface area contributed by atoms with E-state index < -0.39 is 0 Å². The van der Waals surface area contributed by atoms with Crippen molar-refractivity contribution in [2.75, 3.05) is 18.6 Å². The first-order chi connectivity index (χ1) is 9.79. The predicted molar refractivity (Wildman–Crippen MR) is 82.5 cm³/mol. The molecule has 1 aromatic carbocycles. The number of aryl methyl sites for hydroxylation is 1. The van der Waals surface area contributed by atoms with E-state index in [-0.39, 0.29) is 0 Å². The van der Waals surface area contributed by atoms with E-state index in [0.29, 0.717) is 0 Å². The molecule has 0 atom stereocenters. The molecule has 0 aliphatic heterocycles. The summed E-state index contributed by atoms with van der Waals surface area (Å²) >= 11 is 3.59. The highest BCUT2D eigenvalue weighted by Crippen LogP contribution is 2.23. The molecule has 0 amide bonds. The molecule has 0 spiro atoms. The van der Waals surface area contributed by atoms with Crippen LogP contribution in [-0.4, -0.2) is 38.8 Å². The highest BCUT2D eigenvalue weighted by atomic mass is 32.2. The minimum atomic E-state index is 0.882. The summed E-state index contributed by atoms with van der Waals surface area (Å²) in [4.78, 5) is 1.29. The standard InChI is InChI=1S/C13H18N4OS2/c1-17-13(14-15-16-17)20-10-4-3-9-19-12-7-5-11(18-2)6-8-12/h5-8H,3-4,9-10H2,1-2H3. The van der Waals surface area contributed by atoms with Crippen molar-refractivity contribution in [2.24, 2.45) is 7.05 Å². The zero-order chi connectivity index (χ0) is 14.2. The van der Waals surface area contributed by atoms with Crippen LogP contribution in [0.2, 0.25) is 0 Å². The summed E-state index contributed by atoms with van der Waals surface area (Å²) in [5.41, 5.74) is 0. The molecule has 0 aliphatic carbocycles. The largest absolute Gasteiger partial charge is 0.497 e. The summed E-state index contributed by atoms with van der Waals surface area (Å²) in [5.74, 6) is 3.09. The van der Waals surface area contributed by atoms with Crippen LogP contribution in [0, 0.1) is 0 Å². The summed E-state index contributed by atoms with van der Waals surface area (Å²) < 4.78 is 6.85. The van der Waals surface area contributed by atoms with Crippen molar-refractivity contribution in [3.8, 4) is 5.75 Å². The van der Waals surface area contributed by atoms with Gasteiger partial charge in [-0.25, -0.2) is 4.68 Å². The third-order valence-electron chi connectivity index (χ3n) is 2.68. The van der Waals surface area contributed by atoms with Crippen LogP contribution in [0.5, 0.6) is 5.75 Å². The molecule has 108 valence electrons. The molecule has 20 heavy (non-hydrogen) atoms. The Hall–Kier alpha value is -1.21. The lowest BCUT2D eigenvalue weighted by atomic mass is 10.3. The lowest BCUT2D eigenvalue weighted by molar-refractivity contribution is 0.414. The van der Waals surface area contributed by atoms with Gasteiger partial charge in [-0.15, -0.1) is 16.9 Å². The van der Waals surface area contributed by atoms with Gasteiger partial charge >= 0.3 is 0 Å². The predicted octanol–water partition coefficient (Wildman–Crippen LogP) is 2.88. The number of hydrogen-bond acceptors (Lipinski definition) is 6. The fourth-order valence-electron chi connectivity index (χ4n) is 1.57. The highest BCUT2D eigenvalue weighted by molar-refractivity contribution is 7.99. The maximum atomic E-state index is 5.14. The van der Waals surface area contributed by atoms with Crippen molar-refractivity contribution in [1.29, 1.82) is 0 Å². The normalized spacial score (nSPS) is 10.7. The Morgan fingerprint density at radius 3 is 2.40 bits per heavy atom. The number of hydrogen-bond donors (Lipinski definition) is 0. The Labute approximate surface area is 127 Å². The van der Waals surface area contributed by atoms with Crippen molar-refractivity contribution >= 4 is 23.5 Å². The number of tetrazole rings is 1. The van der Waals surface area contributed by atoms with Crippen LogP contribution >= 0.6 is 23.5 Å². The van der Waals surface area contributed by atoms with E-state index in [1.807, 2.05) is 30.9 Å². The van der Waals surface area contributed by atoms with Crippen molar-refractivity contribution < 1.29 is 4.74 Å². The zero-order valence-corrected chi connectivity index (χ0v) is 13.3. The Kier molecular flexibility index (Phi) is 6.20. The van der Waals surface area contributed by atoms with Gasteiger partial charge in [-0.05, 0) is 53.3 Å². The summed E-state index contributed by atoms with van der Waals surface area (Å²) in [6, 6.07) is 8.20. The Balaban J connectivity index is 1.58. The molecule has 0 fully saturated rings. The summed E-state index contributed by atoms with van der Waals surface area (Å²) in [6.07, 6.45) is 2.36. The van der Waals surface area contributed by atoms with E-state index in [1.54, 1.807) is 23.6 Å². The van der Waals surface area contributed by atoms with E-state index in [2.05, 4.69) is 27.7 Å². The van der Waals surface area contributed by atoms with E-state index >= 15 is 0 Å². The number of aromatic nitrogens is 4. The summed E-state index contributed by atoms with van der Waals surface area (Å²) in [6.45, 7) is 0. The van der Waals surface area contributed by atoms with Gasteiger partial charge < -0.3 is 4.74 Å². The third-order valence-corrected chi connectivity index (χ3v) is 4.87. The molecule has 7 heteroatoms. The minimum Gasteiger partial charge on any atom is -0.497 e. The van der Waals surface area contributed by atoms with Crippen molar-refractivity contribution in [1.82, 2.24) is 20.2 Å². The number of ether oxygens (including phenoxy) is 1. The van der Waals surface area contributed by atoms with Crippen molar-refractivity contribution in [3.05, 3.63) is 24.3 Å². The number of benzene rings is 1. The van der Waals surface area contributed by atoms with Crippen LogP contribution in [0.3, 0.4) is 0 Å². The van der Waals surface area contributed by atoms with Crippen LogP contribution in [0.15, 0.2) is 34.3 Å². The number of methoxy groups -OCH3 is 1. The van der Waals surface area contributed by atoms with Crippen molar-refractivity contribution in [2.45, 2.75) is 22.9 Å². The molecule has 0 N–H and O–H groups in total. The van der Waals surface area contributed by atoms with Gasteiger partial charge in [0.05, 0.1) is 7.11 Å². The molecule has 2 aromatic rings. The van der Waals surface area contributed by atoms with Gasteiger partial charge in [-0.3, -0.25) is 0 Å². The van der Waals surface area contributed by atoms with E-state index in [9.17, 15) is 0 Å². The lowest BCUT2D eigenvalue weighted by Gasteiger charge is -2.03. The second-order valence-corrected chi connectivity index (χ2v) is 6.40. The lowest BCUT2D eigenvalue weighted by Crippen LogP contribution is -1.94. The summed E-state index contributed by atoms with van der Waals surface area (Å²) in [7, 11) is 3.55. The number of unbranched alkanes of at least 4 members (excludes halogenated alkanes) is 1. The van der Waals surface area contributed by atoms with Crippen LogP contribution < -0.4 is 4.74 Å². The Morgan fingerprint density at radius 2 is 1.80 bits per heavy atom. The summed E-state index contributed by atoms with van der Waals surface area (Å²) in [5, 5.41) is 12.3. The first kappa shape index (κ1) is 15.2. The third kappa shape index (κ3) is 4.72. The second-order valence-electron chi connectivity index (χ2n) is 4.16. The van der Waals surface area contributed by atoms with E-state index in [4.69, 9.17) is 4.74 Å². The fraction of sp³-hybridized carbons (Fsp3) is 0.462.